The molecule has 4 aliphatic rings. The lowest BCUT2D eigenvalue weighted by Crippen LogP contribution is -2.56. The first-order valence-corrected chi connectivity index (χ1v) is 13.3. The molecule has 0 heterocycles. The third kappa shape index (κ3) is 4.38. The maximum atomic E-state index is 13.2. The molecular formula is C25H30N2O5S. The van der Waals surface area contributed by atoms with Crippen LogP contribution >= 0.6 is 0 Å². The van der Waals surface area contributed by atoms with E-state index in [-0.39, 0.29) is 22.0 Å². The molecule has 8 heteroatoms. The molecule has 0 radical (unpaired) electrons. The first-order chi connectivity index (χ1) is 15.8. The number of nitro groups is 1. The Hall–Kier alpha value is -2.45. The molecule has 0 aliphatic heterocycles. The van der Waals surface area contributed by atoms with Gasteiger partial charge >= 0.3 is 0 Å². The van der Waals surface area contributed by atoms with Crippen LogP contribution in [-0.2, 0) is 10.0 Å². The third-order valence-corrected chi connectivity index (χ3v) is 9.44. The topological polar surface area (TPSA) is 98.5 Å². The van der Waals surface area contributed by atoms with Gasteiger partial charge in [-0.25, -0.2) is 13.1 Å². The monoisotopic (exact) mass is 470 g/mol. The normalized spacial score (nSPS) is 29.1. The van der Waals surface area contributed by atoms with Crippen molar-refractivity contribution in [3.8, 4) is 11.5 Å². The molecule has 6 rings (SSSR count). The van der Waals surface area contributed by atoms with Crippen LogP contribution in [0.2, 0.25) is 0 Å². The van der Waals surface area contributed by atoms with Gasteiger partial charge < -0.3 is 4.74 Å². The molecule has 4 saturated carbocycles. The lowest BCUT2D eigenvalue weighted by atomic mass is 9.47. The summed E-state index contributed by atoms with van der Waals surface area (Å²) < 4.78 is 35.3. The van der Waals surface area contributed by atoms with E-state index in [1.807, 2.05) is 0 Å². The van der Waals surface area contributed by atoms with E-state index >= 15 is 0 Å². The number of nitrogens with zero attached hydrogens (tertiary/aromatic N) is 1. The zero-order chi connectivity index (χ0) is 23.2. The quantitative estimate of drug-likeness (QED) is 0.396. The molecule has 176 valence electrons. The maximum Gasteiger partial charge on any atom is 0.269 e. The predicted octanol–water partition coefficient (Wildman–Crippen LogP) is 5.66. The van der Waals surface area contributed by atoms with Crippen LogP contribution in [0.3, 0.4) is 0 Å². The van der Waals surface area contributed by atoms with Gasteiger partial charge in [-0.1, -0.05) is 6.92 Å². The number of hydrogen-bond donors (Lipinski definition) is 1. The van der Waals surface area contributed by atoms with Crippen molar-refractivity contribution < 1.29 is 18.1 Å². The van der Waals surface area contributed by atoms with Gasteiger partial charge in [-0.3, -0.25) is 10.1 Å². The molecule has 0 saturated heterocycles. The van der Waals surface area contributed by atoms with Gasteiger partial charge in [0.05, 0.1) is 9.82 Å². The van der Waals surface area contributed by atoms with Crippen molar-refractivity contribution in [2.75, 3.05) is 0 Å². The fourth-order valence-electron chi connectivity index (χ4n) is 6.96. The third-order valence-electron chi connectivity index (χ3n) is 7.95. The molecule has 7 nitrogen and oxygen atoms in total. The molecule has 0 spiro atoms. The van der Waals surface area contributed by atoms with Gasteiger partial charge in [-0.2, -0.15) is 0 Å². The van der Waals surface area contributed by atoms with Crippen LogP contribution in [0.15, 0.2) is 53.4 Å². The van der Waals surface area contributed by atoms with Crippen molar-refractivity contribution in [3.05, 3.63) is 58.6 Å². The van der Waals surface area contributed by atoms with Gasteiger partial charge in [0, 0.05) is 18.2 Å². The van der Waals surface area contributed by atoms with Crippen LogP contribution in [0.4, 0.5) is 5.69 Å². The standard InChI is InChI=1S/C25H30N2O5S/c1-2-24(25-14-17-11-18(15-25)13-19(12-17)16-25)26-33(30,31)23-9-7-22(8-10-23)32-21-5-3-20(4-6-21)27(28)29/h3-10,17-19,24,26H,2,11-16H2,1H3/t17?,18?,19?,24-,25?/m1/s1. The van der Waals surface area contributed by atoms with E-state index in [1.165, 1.54) is 43.5 Å². The van der Waals surface area contributed by atoms with Crippen molar-refractivity contribution in [3.63, 3.8) is 0 Å². The number of benzene rings is 2. The molecular weight excluding hydrogens is 440 g/mol. The minimum atomic E-state index is -3.65. The number of hydrogen-bond acceptors (Lipinski definition) is 5. The Bertz CT molecular complexity index is 1090. The number of sulfonamides is 1. The van der Waals surface area contributed by atoms with Crippen molar-refractivity contribution in [2.24, 2.45) is 23.2 Å². The van der Waals surface area contributed by atoms with Gasteiger partial charge in [0.15, 0.2) is 0 Å². The average molecular weight is 471 g/mol. The van der Waals surface area contributed by atoms with Crippen LogP contribution in [0.25, 0.3) is 0 Å². The van der Waals surface area contributed by atoms with E-state index in [4.69, 9.17) is 4.74 Å². The highest BCUT2D eigenvalue weighted by Gasteiger charge is 2.54. The molecule has 1 atom stereocenters. The fraction of sp³-hybridized carbons (Fsp3) is 0.520. The molecule has 0 unspecified atom stereocenters. The summed E-state index contributed by atoms with van der Waals surface area (Å²) in [7, 11) is -3.65. The number of nitro benzene ring substituents is 1. The van der Waals surface area contributed by atoms with E-state index in [9.17, 15) is 18.5 Å². The van der Waals surface area contributed by atoms with E-state index in [1.54, 1.807) is 24.3 Å². The van der Waals surface area contributed by atoms with E-state index in [2.05, 4.69) is 11.6 Å². The highest BCUT2D eigenvalue weighted by atomic mass is 32.2. The minimum absolute atomic E-state index is 0.0145. The molecule has 2 aromatic carbocycles. The fourth-order valence-corrected chi connectivity index (χ4v) is 8.38. The highest BCUT2D eigenvalue weighted by Crippen LogP contribution is 2.61. The smallest absolute Gasteiger partial charge is 0.269 e. The summed E-state index contributed by atoms with van der Waals surface area (Å²) in [6.07, 6.45) is 8.26. The van der Waals surface area contributed by atoms with Crippen molar-refractivity contribution in [2.45, 2.75) is 62.8 Å². The van der Waals surface area contributed by atoms with Crippen molar-refractivity contribution in [1.29, 1.82) is 0 Å². The predicted molar refractivity (Wildman–Crippen MR) is 125 cm³/mol. The van der Waals surface area contributed by atoms with Gasteiger partial charge in [0.1, 0.15) is 11.5 Å². The Morgan fingerprint density at radius 3 is 1.91 bits per heavy atom. The maximum absolute atomic E-state index is 13.2. The van der Waals surface area contributed by atoms with E-state index < -0.39 is 14.9 Å². The SMILES string of the molecule is CC[C@@H](NS(=O)(=O)c1ccc(Oc2ccc([N+](=O)[O-])cc2)cc1)C12CC3CC(CC(C3)C1)C2. The molecule has 33 heavy (non-hydrogen) atoms. The van der Waals surface area contributed by atoms with Crippen molar-refractivity contribution >= 4 is 15.7 Å². The Kier molecular flexibility index (Phi) is 5.69. The molecule has 0 amide bonds. The Morgan fingerprint density at radius 2 is 1.45 bits per heavy atom. The van der Waals surface area contributed by atoms with Crippen LogP contribution in [0.5, 0.6) is 11.5 Å². The van der Waals surface area contributed by atoms with Crippen LogP contribution in [0, 0.1) is 33.3 Å². The lowest BCUT2D eigenvalue weighted by molar-refractivity contribution is -0.384. The summed E-state index contributed by atoms with van der Waals surface area (Å²) in [5.41, 5.74) is 0.0922. The zero-order valence-electron chi connectivity index (χ0n) is 18.8. The number of ether oxygens (including phenoxy) is 1. The largest absolute Gasteiger partial charge is 0.457 e. The highest BCUT2D eigenvalue weighted by molar-refractivity contribution is 7.89. The van der Waals surface area contributed by atoms with Crippen LogP contribution in [0.1, 0.15) is 51.9 Å². The van der Waals surface area contributed by atoms with Crippen molar-refractivity contribution in [1.82, 2.24) is 4.72 Å². The Balaban J connectivity index is 1.29. The van der Waals surface area contributed by atoms with Gasteiger partial charge in [-0.15, -0.1) is 0 Å². The number of non-ortho nitro benzene ring substituents is 1. The van der Waals surface area contributed by atoms with E-state index in [0.29, 0.717) is 11.5 Å². The first kappa shape index (κ1) is 22.3. The van der Waals surface area contributed by atoms with E-state index in [0.717, 1.165) is 43.4 Å². The molecule has 4 fully saturated rings. The number of rotatable bonds is 8. The minimum Gasteiger partial charge on any atom is -0.457 e. The van der Waals surface area contributed by atoms with Crippen LogP contribution < -0.4 is 9.46 Å². The Labute approximate surface area is 194 Å². The van der Waals surface area contributed by atoms with Gasteiger partial charge in [-0.05, 0) is 105 Å². The molecule has 0 aromatic heterocycles. The average Bonchev–Trinajstić information content (AvgIpc) is 2.77. The van der Waals surface area contributed by atoms with Gasteiger partial charge in [0.2, 0.25) is 10.0 Å². The first-order valence-electron chi connectivity index (χ1n) is 11.8. The summed E-state index contributed by atoms with van der Waals surface area (Å²) in [6, 6.07) is 12.1. The second-order valence-electron chi connectivity index (χ2n) is 10.2. The van der Waals surface area contributed by atoms with Gasteiger partial charge in [0.25, 0.3) is 5.69 Å². The summed E-state index contributed by atoms with van der Waals surface area (Å²) in [5.74, 6) is 3.22. The summed E-state index contributed by atoms with van der Waals surface area (Å²) in [6.45, 7) is 2.09. The van der Waals surface area contributed by atoms with Crippen LogP contribution in [-0.4, -0.2) is 19.4 Å². The summed E-state index contributed by atoms with van der Waals surface area (Å²) >= 11 is 0. The molecule has 4 aliphatic carbocycles. The zero-order valence-corrected chi connectivity index (χ0v) is 19.6. The molecule has 4 bridgehead atoms. The summed E-state index contributed by atoms with van der Waals surface area (Å²) in [5, 5.41) is 10.8. The number of nitrogens with one attached hydrogen (secondary N) is 1. The second-order valence-corrected chi connectivity index (χ2v) is 11.9. The molecule has 2 aromatic rings. The second kappa shape index (κ2) is 8.40. The Morgan fingerprint density at radius 1 is 0.970 bits per heavy atom. The summed E-state index contributed by atoms with van der Waals surface area (Å²) in [4.78, 5) is 10.5. The molecule has 1 N–H and O–H groups in total. The lowest BCUT2D eigenvalue weighted by Gasteiger charge is -2.59.